The summed E-state index contributed by atoms with van der Waals surface area (Å²) in [6.45, 7) is 4.99. The van der Waals surface area contributed by atoms with Gasteiger partial charge in [0.1, 0.15) is 6.04 Å². The maximum absolute atomic E-state index is 12.0. The lowest BCUT2D eigenvalue weighted by atomic mass is 10.1. The number of aromatic nitrogens is 1. The normalized spacial score (nSPS) is 17.2. The highest BCUT2D eigenvalue weighted by Crippen LogP contribution is 2.20. The fourth-order valence-corrected chi connectivity index (χ4v) is 2.62. The van der Waals surface area contributed by atoms with E-state index in [1.165, 1.54) is 0 Å². The zero-order valence-corrected chi connectivity index (χ0v) is 12.5. The lowest BCUT2D eigenvalue weighted by molar-refractivity contribution is -0.133. The second-order valence-corrected chi connectivity index (χ2v) is 5.34. The number of hydrogen-bond acceptors (Lipinski definition) is 4. The molecule has 0 saturated carbocycles. The van der Waals surface area contributed by atoms with Crippen LogP contribution in [0, 0.1) is 11.3 Å². The monoisotopic (exact) mass is 286 g/mol. The molecule has 1 aromatic heterocycles. The van der Waals surface area contributed by atoms with Gasteiger partial charge in [0.25, 0.3) is 0 Å². The van der Waals surface area contributed by atoms with Gasteiger partial charge in [0.15, 0.2) is 0 Å². The molecule has 2 heterocycles. The molecule has 1 saturated heterocycles. The van der Waals surface area contributed by atoms with Crippen molar-refractivity contribution < 1.29 is 4.79 Å². The zero-order chi connectivity index (χ0) is 15.1. The Morgan fingerprint density at radius 1 is 1.43 bits per heavy atom. The van der Waals surface area contributed by atoms with E-state index < -0.39 is 0 Å². The lowest BCUT2D eigenvalue weighted by Crippen LogP contribution is -2.49. The van der Waals surface area contributed by atoms with E-state index in [1.54, 1.807) is 12.4 Å². The number of amides is 1. The summed E-state index contributed by atoms with van der Waals surface area (Å²) in [6, 6.07) is 5.86. The molecule has 1 aliphatic rings. The standard InChI is InChI=1S/C16H22N4O/c1-2-3-6-16(21)20-10-8-19(9-11-20)15(12-17)14-5-4-7-18-13-14/h4-5,7,13,15H,2-3,6,8-11H2,1H3. The molecule has 0 aromatic carbocycles. The van der Waals surface area contributed by atoms with Crippen LogP contribution in [0.2, 0.25) is 0 Å². The first kappa shape index (κ1) is 15.5. The summed E-state index contributed by atoms with van der Waals surface area (Å²) < 4.78 is 0. The minimum absolute atomic E-state index is 0.242. The highest BCUT2D eigenvalue weighted by atomic mass is 16.2. The molecule has 1 aromatic rings. The van der Waals surface area contributed by atoms with Crippen molar-refractivity contribution >= 4 is 5.91 Å². The van der Waals surface area contributed by atoms with E-state index in [4.69, 9.17) is 0 Å². The third-order valence-corrected chi connectivity index (χ3v) is 3.90. The quantitative estimate of drug-likeness (QED) is 0.830. The predicted molar refractivity (Wildman–Crippen MR) is 80.3 cm³/mol. The van der Waals surface area contributed by atoms with Crippen molar-refractivity contribution in [2.45, 2.75) is 32.2 Å². The fourth-order valence-electron chi connectivity index (χ4n) is 2.62. The Balaban J connectivity index is 1.91. The second kappa shape index (κ2) is 7.75. The Morgan fingerprint density at radius 3 is 2.76 bits per heavy atom. The molecule has 1 amide bonds. The summed E-state index contributed by atoms with van der Waals surface area (Å²) in [6.07, 6.45) is 6.09. The first-order chi connectivity index (χ1) is 10.3. The first-order valence-corrected chi connectivity index (χ1v) is 7.57. The number of hydrogen-bond donors (Lipinski definition) is 0. The average Bonchev–Trinajstić information content (AvgIpc) is 2.55. The van der Waals surface area contributed by atoms with Gasteiger partial charge in [0.05, 0.1) is 6.07 Å². The minimum atomic E-state index is -0.272. The molecule has 1 aliphatic heterocycles. The zero-order valence-electron chi connectivity index (χ0n) is 12.5. The Kier molecular flexibility index (Phi) is 5.70. The van der Waals surface area contributed by atoms with E-state index in [0.717, 1.165) is 31.5 Å². The third kappa shape index (κ3) is 4.02. The van der Waals surface area contributed by atoms with Gasteiger partial charge in [-0.05, 0) is 12.5 Å². The van der Waals surface area contributed by atoms with Crippen LogP contribution in [0.3, 0.4) is 0 Å². The molecule has 1 atom stereocenters. The number of carbonyl (C=O) groups excluding carboxylic acids is 1. The van der Waals surface area contributed by atoms with Gasteiger partial charge >= 0.3 is 0 Å². The largest absolute Gasteiger partial charge is 0.340 e. The van der Waals surface area contributed by atoms with Gasteiger partial charge in [-0.15, -0.1) is 0 Å². The molecule has 0 bridgehead atoms. The summed E-state index contributed by atoms with van der Waals surface area (Å²) in [5.41, 5.74) is 0.922. The third-order valence-electron chi connectivity index (χ3n) is 3.90. The van der Waals surface area contributed by atoms with Crippen molar-refractivity contribution in [1.82, 2.24) is 14.8 Å². The van der Waals surface area contributed by atoms with Crippen LogP contribution in [0.4, 0.5) is 0 Å². The molecule has 112 valence electrons. The summed E-state index contributed by atoms with van der Waals surface area (Å²) >= 11 is 0. The molecular formula is C16H22N4O. The van der Waals surface area contributed by atoms with Gasteiger partial charge in [-0.3, -0.25) is 14.7 Å². The molecular weight excluding hydrogens is 264 g/mol. The molecule has 0 spiro atoms. The molecule has 2 rings (SSSR count). The van der Waals surface area contributed by atoms with E-state index in [9.17, 15) is 10.1 Å². The van der Waals surface area contributed by atoms with E-state index >= 15 is 0 Å². The summed E-state index contributed by atoms with van der Waals surface area (Å²) in [7, 11) is 0. The topological polar surface area (TPSA) is 60.2 Å². The van der Waals surface area contributed by atoms with Crippen molar-refractivity contribution in [1.29, 1.82) is 5.26 Å². The van der Waals surface area contributed by atoms with Crippen molar-refractivity contribution in [3.05, 3.63) is 30.1 Å². The van der Waals surface area contributed by atoms with Crippen molar-refractivity contribution in [3.63, 3.8) is 0 Å². The molecule has 5 nitrogen and oxygen atoms in total. The maximum atomic E-state index is 12.0. The van der Waals surface area contributed by atoms with Crippen LogP contribution in [-0.2, 0) is 4.79 Å². The number of piperazine rings is 1. The van der Waals surface area contributed by atoms with Gasteiger partial charge in [0.2, 0.25) is 5.91 Å². The SMILES string of the molecule is CCCCC(=O)N1CCN(C(C#N)c2cccnc2)CC1. The Bertz CT molecular complexity index is 489. The van der Waals surface area contributed by atoms with E-state index in [2.05, 4.69) is 22.9 Å². The molecule has 21 heavy (non-hydrogen) atoms. The average molecular weight is 286 g/mol. The number of pyridine rings is 1. The lowest BCUT2D eigenvalue weighted by Gasteiger charge is -2.37. The Morgan fingerprint density at radius 2 is 2.19 bits per heavy atom. The number of nitrogens with zero attached hydrogens (tertiary/aromatic N) is 4. The molecule has 5 heteroatoms. The van der Waals surface area contributed by atoms with Crippen LogP contribution in [0.25, 0.3) is 0 Å². The maximum Gasteiger partial charge on any atom is 0.222 e. The van der Waals surface area contributed by atoms with Crippen LogP contribution in [0.15, 0.2) is 24.5 Å². The van der Waals surface area contributed by atoms with Crippen LogP contribution in [-0.4, -0.2) is 46.9 Å². The van der Waals surface area contributed by atoms with E-state index in [1.807, 2.05) is 17.0 Å². The summed E-state index contributed by atoms with van der Waals surface area (Å²) in [5.74, 6) is 0.242. The minimum Gasteiger partial charge on any atom is -0.340 e. The Labute approximate surface area is 126 Å². The predicted octanol–water partition coefficient (Wildman–Crippen LogP) is 1.98. The summed E-state index contributed by atoms with van der Waals surface area (Å²) in [5, 5.41) is 9.42. The number of unbranched alkanes of at least 4 members (excludes halogenated alkanes) is 1. The highest BCUT2D eigenvalue weighted by molar-refractivity contribution is 5.76. The molecule has 1 fully saturated rings. The number of nitriles is 1. The molecule has 0 N–H and O–H groups in total. The van der Waals surface area contributed by atoms with Gasteiger partial charge in [0, 0.05) is 50.6 Å². The number of carbonyl (C=O) groups is 1. The summed E-state index contributed by atoms with van der Waals surface area (Å²) in [4.78, 5) is 20.1. The van der Waals surface area contributed by atoms with E-state index in [-0.39, 0.29) is 11.9 Å². The van der Waals surface area contributed by atoms with Crippen LogP contribution in [0.1, 0.15) is 37.8 Å². The fraction of sp³-hybridized carbons (Fsp3) is 0.562. The smallest absolute Gasteiger partial charge is 0.222 e. The molecule has 0 aliphatic carbocycles. The van der Waals surface area contributed by atoms with Crippen LogP contribution >= 0.6 is 0 Å². The van der Waals surface area contributed by atoms with Gasteiger partial charge in [-0.1, -0.05) is 19.4 Å². The van der Waals surface area contributed by atoms with Crippen molar-refractivity contribution in [2.75, 3.05) is 26.2 Å². The molecule has 1 unspecified atom stereocenters. The molecule has 0 radical (unpaired) electrons. The Hall–Kier alpha value is -1.93. The van der Waals surface area contributed by atoms with Crippen molar-refractivity contribution in [3.8, 4) is 6.07 Å². The second-order valence-electron chi connectivity index (χ2n) is 5.34. The van der Waals surface area contributed by atoms with E-state index in [0.29, 0.717) is 19.5 Å². The van der Waals surface area contributed by atoms with Crippen LogP contribution < -0.4 is 0 Å². The van der Waals surface area contributed by atoms with Crippen molar-refractivity contribution in [2.24, 2.45) is 0 Å². The van der Waals surface area contributed by atoms with Crippen LogP contribution in [0.5, 0.6) is 0 Å². The van der Waals surface area contributed by atoms with Gasteiger partial charge in [-0.25, -0.2) is 0 Å². The highest BCUT2D eigenvalue weighted by Gasteiger charge is 2.26. The van der Waals surface area contributed by atoms with Gasteiger partial charge in [-0.2, -0.15) is 5.26 Å². The first-order valence-electron chi connectivity index (χ1n) is 7.57. The number of rotatable bonds is 5. The van der Waals surface area contributed by atoms with Gasteiger partial charge < -0.3 is 4.90 Å².